The molecular weight excluding hydrogens is 454 g/mol. The van der Waals surface area contributed by atoms with Gasteiger partial charge in [-0.2, -0.15) is 20.1 Å². The van der Waals surface area contributed by atoms with Crippen LogP contribution in [-0.2, 0) is 6.42 Å². The summed E-state index contributed by atoms with van der Waals surface area (Å²) in [5.41, 5.74) is 6.08. The maximum absolute atomic E-state index is 5.93. The van der Waals surface area contributed by atoms with E-state index in [2.05, 4.69) is 61.3 Å². The second-order valence-corrected chi connectivity index (χ2v) is 8.34. The fourth-order valence-electron chi connectivity index (χ4n) is 3.87. The number of fused-ring (bicyclic) bond motifs is 1. The monoisotopic (exact) mass is 487 g/mol. The zero-order valence-corrected chi connectivity index (χ0v) is 21.1. The third kappa shape index (κ3) is 6.50. The Labute approximate surface area is 211 Å². The minimum atomic E-state index is 0.280. The lowest BCUT2D eigenvalue weighted by Crippen LogP contribution is -2.27. The summed E-state index contributed by atoms with van der Waals surface area (Å²) in [7, 11) is 1.65. The van der Waals surface area contributed by atoms with E-state index < -0.39 is 0 Å². The number of hydrogen-bond acceptors (Lipinski definition) is 8. The molecule has 2 aromatic heterocycles. The van der Waals surface area contributed by atoms with Crippen LogP contribution >= 0.6 is 0 Å². The summed E-state index contributed by atoms with van der Waals surface area (Å²) in [6.07, 6.45) is 6.37. The molecule has 9 heteroatoms. The number of H-pyrrole nitrogens is 1. The van der Waals surface area contributed by atoms with Crippen molar-refractivity contribution in [1.29, 1.82) is 0 Å². The number of hydrogen-bond donors (Lipinski definition) is 2. The van der Waals surface area contributed by atoms with Crippen molar-refractivity contribution in [2.45, 2.75) is 33.1 Å². The topological polar surface area (TPSA) is 101 Å². The van der Waals surface area contributed by atoms with Gasteiger partial charge in [0.25, 0.3) is 5.95 Å². The van der Waals surface area contributed by atoms with E-state index in [9.17, 15) is 0 Å². The Morgan fingerprint density at radius 3 is 2.58 bits per heavy atom. The number of nitrogens with zero attached hydrogens (tertiary/aromatic N) is 5. The van der Waals surface area contributed by atoms with E-state index in [1.54, 1.807) is 13.3 Å². The first-order valence-corrected chi connectivity index (χ1v) is 12.3. The van der Waals surface area contributed by atoms with Crippen LogP contribution in [0.3, 0.4) is 0 Å². The maximum atomic E-state index is 5.93. The molecule has 0 spiro atoms. The van der Waals surface area contributed by atoms with E-state index in [1.807, 2.05) is 42.6 Å². The number of benzene rings is 2. The van der Waals surface area contributed by atoms with Crippen LogP contribution in [0.15, 0.2) is 59.8 Å². The fraction of sp³-hybridized carbons (Fsp3) is 0.333. The number of aromatic nitrogens is 4. The zero-order chi connectivity index (χ0) is 25.2. The predicted octanol–water partition coefficient (Wildman–Crippen LogP) is 5.06. The van der Waals surface area contributed by atoms with Crippen LogP contribution in [0.4, 0.5) is 11.9 Å². The maximum Gasteiger partial charge on any atom is 0.323 e. The highest BCUT2D eigenvalue weighted by Gasteiger charge is 2.14. The molecule has 0 aliphatic rings. The number of aromatic amines is 1. The van der Waals surface area contributed by atoms with Gasteiger partial charge >= 0.3 is 6.01 Å². The quantitative estimate of drug-likeness (QED) is 0.201. The summed E-state index contributed by atoms with van der Waals surface area (Å²) < 4.78 is 11.3. The van der Waals surface area contributed by atoms with Crippen molar-refractivity contribution in [3.05, 3.63) is 65.9 Å². The second kappa shape index (κ2) is 12.5. The molecule has 0 bridgehead atoms. The molecule has 0 fully saturated rings. The van der Waals surface area contributed by atoms with E-state index in [4.69, 9.17) is 9.47 Å². The molecular formula is C27H33N7O2. The second-order valence-electron chi connectivity index (χ2n) is 8.34. The first-order valence-electron chi connectivity index (χ1n) is 12.3. The predicted molar refractivity (Wildman–Crippen MR) is 144 cm³/mol. The van der Waals surface area contributed by atoms with Gasteiger partial charge in [0.15, 0.2) is 0 Å². The lowest BCUT2D eigenvalue weighted by molar-refractivity contribution is 0.295. The van der Waals surface area contributed by atoms with Crippen LogP contribution in [0.25, 0.3) is 10.9 Å². The number of hydrazone groups is 1. The molecule has 9 nitrogen and oxygen atoms in total. The van der Waals surface area contributed by atoms with Crippen LogP contribution in [-0.4, -0.2) is 53.0 Å². The van der Waals surface area contributed by atoms with Crippen molar-refractivity contribution >= 4 is 29.0 Å². The molecule has 0 aliphatic carbocycles. The summed E-state index contributed by atoms with van der Waals surface area (Å²) in [5, 5.41) is 5.40. The Morgan fingerprint density at radius 2 is 1.83 bits per heavy atom. The summed E-state index contributed by atoms with van der Waals surface area (Å²) in [4.78, 5) is 19.0. The van der Waals surface area contributed by atoms with E-state index in [0.29, 0.717) is 18.5 Å². The third-order valence-electron chi connectivity index (χ3n) is 5.63. The Bertz CT molecular complexity index is 1270. The summed E-state index contributed by atoms with van der Waals surface area (Å²) in [5.74, 6) is 1.70. The van der Waals surface area contributed by atoms with Crippen molar-refractivity contribution in [1.82, 2.24) is 19.9 Å². The van der Waals surface area contributed by atoms with Crippen molar-refractivity contribution in [3.63, 3.8) is 0 Å². The molecule has 2 N–H and O–H groups in total. The van der Waals surface area contributed by atoms with Gasteiger partial charge in [0.05, 0.1) is 19.9 Å². The van der Waals surface area contributed by atoms with Crippen molar-refractivity contribution in [2.75, 3.05) is 37.1 Å². The van der Waals surface area contributed by atoms with Crippen LogP contribution in [0.5, 0.6) is 11.8 Å². The number of nitrogens with one attached hydrogen (secondary N) is 2. The van der Waals surface area contributed by atoms with E-state index in [0.717, 1.165) is 54.6 Å². The number of ether oxygens (including phenoxy) is 2. The molecule has 0 radical (unpaired) electrons. The van der Waals surface area contributed by atoms with Crippen molar-refractivity contribution in [2.24, 2.45) is 5.10 Å². The highest BCUT2D eigenvalue weighted by molar-refractivity contribution is 5.99. The molecule has 0 atom stereocenters. The first kappa shape index (κ1) is 25.0. The Hall–Kier alpha value is -4.14. The van der Waals surface area contributed by atoms with Gasteiger partial charge in [-0.05, 0) is 36.6 Å². The van der Waals surface area contributed by atoms with E-state index >= 15 is 0 Å². The molecule has 2 heterocycles. The summed E-state index contributed by atoms with van der Waals surface area (Å²) in [6, 6.07) is 16.4. The van der Waals surface area contributed by atoms with Gasteiger partial charge < -0.3 is 19.4 Å². The largest absolute Gasteiger partial charge is 0.497 e. The molecule has 188 valence electrons. The minimum absolute atomic E-state index is 0.280. The number of methoxy groups -OCH3 is 1. The average molecular weight is 488 g/mol. The normalized spacial score (nSPS) is 11.2. The smallest absolute Gasteiger partial charge is 0.323 e. The van der Waals surface area contributed by atoms with Gasteiger partial charge in [-0.25, -0.2) is 5.43 Å². The van der Waals surface area contributed by atoms with Crippen LogP contribution in [0.2, 0.25) is 0 Å². The highest BCUT2D eigenvalue weighted by atomic mass is 16.5. The number of rotatable bonds is 13. The molecule has 0 saturated carbocycles. The Morgan fingerprint density at radius 1 is 1.03 bits per heavy atom. The molecule has 0 unspecified atom stereocenters. The molecule has 36 heavy (non-hydrogen) atoms. The third-order valence-corrected chi connectivity index (χ3v) is 5.63. The fourth-order valence-corrected chi connectivity index (χ4v) is 3.87. The minimum Gasteiger partial charge on any atom is -0.497 e. The van der Waals surface area contributed by atoms with Gasteiger partial charge in [-0.15, -0.1) is 0 Å². The van der Waals surface area contributed by atoms with E-state index in [-0.39, 0.29) is 6.01 Å². The molecule has 0 saturated heterocycles. The van der Waals surface area contributed by atoms with Gasteiger partial charge in [-0.3, -0.25) is 0 Å². The molecule has 4 aromatic rings. The van der Waals surface area contributed by atoms with E-state index in [1.165, 1.54) is 5.56 Å². The Balaban J connectivity index is 1.53. The Kier molecular flexibility index (Phi) is 8.69. The highest BCUT2D eigenvalue weighted by Crippen LogP contribution is 2.23. The van der Waals surface area contributed by atoms with Gasteiger partial charge in [-0.1, -0.05) is 44.2 Å². The van der Waals surface area contributed by atoms with Crippen molar-refractivity contribution in [3.8, 4) is 11.8 Å². The zero-order valence-electron chi connectivity index (χ0n) is 21.1. The van der Waals surface area contributed by atoms with Gasteiger partial charge in [0.2, 0.25) is 5.95 Å². The van der Waals surface area contributed by atoms with Crippen LogP contribution < -0.4 is 19.8 Å². The molecule has 0 amide bonds. The van der Waals surface area contributed by atoms with Gasteiger partial charge in [0, 0.05) is 42.2 Å². The van der Waals surface area contributed by atoms with Crippen LogP contribution in [0, 0.1) is 0 Å². The van der Waals surface area contributed by atoms with Gasteiger partial charge in [0.1, 0.15) is 5.75 Å². The van der Waals surface area contributed by atoms with Crippen molar-refractivity contribution < 1.29 is 9.47 Å². The first-order chi connectivity index (χ1) is 17.7. The summed E-state index contributed by atoms with van der Waals surface area (Å²) in [6.45, 7) is 6.44. The lowest BCUT2D eigenvalue weighted by Gasteiger charge is -2.21. The standard InChI is InChI=1S/C27H33N7O2/c1-4-14-34(15-5-2)26-30-25(31-27(32-26)36-16-13-20-9-7-6-8-10-20)33-29-19-21-18-28-24-12-11-22(35-3)17-23(21)24/h6-12,17-19,28H,4-5,13-16H2,1-3H3,(H,30,31,32,33)/b29-19+. The molecule has 0 aliphatic heterocycles. The lowest BCUT2D eigenvalue weighted by atomic mass is 10.2. The molecule has 4 rings (SSSR count). The molecule has 2 aromatic carbocycles. The summed E-state index contributed by atoms with van der Waals surface area (Å²) >= 11 is 0. The SMILES string of the molecule is CCCN(CCC)c1nc(N/N=C/c2c[nH]c3ccc(OC)cc23)nc(OCCc2ccccc2)n1. The number of anilines is 2. The average Bonchev–Trinajstić information content (AvgIpc) is 3.31. The van der Waals surface area contributed by atoms with Crippen LogP contribution in [0.1, 0.15) is 37.8 Å².